The van der Waals surface area contributed by atoms with Crippen LogP contribution in [-0.2, 0) is 9.53 Å². The van der Waals surface area contributed by atoms with Crippen LogP contribution in [0, 0.1) is 5.82 Å². The Labute approximate surface area is 95.5 Å². The zero-order chi connectivity index (χ0) is 11.4. The highest BCUT2D eigenvalue weighted by atomic mass is 79.9. The first-order chi connectivity index (χ1) is 7.04. The van der Waals surface area contributed by atoms with E-state index in [1.54, 1.807) is 12.1 Å². The van der Waals surface area contributed by atoms with Crippen molar-refractivity contribution in [3.8, 4) is 0 Å². The molecule has 0 bridgehead atoms. The van der Waals surface area contributed by atoms with E-state index in [0.717, 1.165) is 0 Å². The molecule has 5 heteroatoms. The number of carbonyl (C=O) groups is 1. The molecule has 1 aromatic carbocycles. The van der Waals surface area contributed by atoms with Gasteiger partial charge in [-0.25, -0.2) is 4.39 Å². The largest absolute Gasteiger partial charge is 0.469 e. The summed E-state index contributed by atoms with van der Waals surface area (Å²) in [5.74, 6) is -0.884. The van der Waals surface area contributed by atoms with Crippen LogP contribution in [0.3, 0.4) is 0 Å². The van der Waals surface area contributed by atoms with Gasteiger partial charge in [-0.1, -0.05) is 22.0 Å². The van der Waals surface area contributed by atoms with Crippen LogP contribution in [0.25, 0.3) is 0 Å². The maximum absolute atomic E-state index is 13.4. The molecule has 1 rings (SSSR count). The van der Waals surface area contributed by atoms with Gasteiger partial charge >= 0.3 is 5.97 Å². The van der Waals surface area contributed by atoms with E-state index in [0.29, 0.717) is 10.0 Å². The quantitative estimate of drug-likeness (QED) is 0.860. The Morgan fingerprint density at radius 3 is 2.87 bits per heavy atom. The van der Waals surface area contributed by atoms with Gasteiger partial charge in [-0.2, -0.15) is 0 Å². The van der Waals surface area contributed by atoms with Crippen molar-refractivity contribution in [3.63, 3.8) is 0 Å². The fourth-order valence-corrected chi connectivity index (χ4v) is 1.51. The second-order valence-corrected chi connectivity index (χ2v) is 3.97. The van der Waals surface area contributed by atoms with Gasteiger partial charge < -0.3 is 10.5 Å². The van der Waals surface area contributed by atoms with Gasteiger partial charge in [0, 0.05) is 16.1 Å². The van der Waals surface area contributed by atoms with Crippen molar-refractivity contribution in [2.75, 3.05) is 7.11 Å². The van der Waals surface area contributed by atoms with Gasteiger partial charge in [0.25, 0.3) is 0 Å². The number of carbonyl (C=O) groups excluding carboxylic acids is 1. The molecule has 1 aromatic rings. The predicted molar refractivity (Wildman–Crippen MR) is 57.7 cm³/mol. The Bertz CT molecular complexity index is 370. The lowest BCUT2D eigenvalue weighted by atomic mass is 10.0. The number of halogens is 2. The van der Waals surface area contributed by atoms with Gasteiger partial charge in [-0.05, 0) is 12.1 Å². The minimum Gasteiger partial charge on any atom is -0.469 e. The van der Waals surface area contributed by atoms with Crippen LogP contribution >= 0.6 is 15.9 Å². The van der Waals surface area contributed by atoms with Gasteiger partial charge in [0.1, 0.15) is 5.82 Å². The Kier molecular flexibility index (Phi) is 4.23. The summed E-state index contributed by atoms with van der Waals surface area (Å²) in [6, 6.07) is 3.86. The molecule has 0 aromatic heterocycles. The normalized spacial score (nSPS) is 12.3. The van der Waals surface area contributed by atoms with Crippen LogP contribution in [0.15, 0.2) is 22.7 Å². The molecule has 0 aliphatic carbocycles. The number of esters is 1. The molecule has 2 N–H and O–H groups in total. The van der Waals surface area contributed by atoms with Crippen molar-refractivity contribution in [2.24, 2.45) is 5.73 Å². The summed E-state index contributed by atoms with van der Waals surface area (Å²) >= 11 is 3.14. The average Bonchev–Trinajstić information content (AvgIpc) is 2.17. The molecule has 82 valence electrons. The first-order valence-electron chi connectivity index (χ1n) is 4.32. The number of benzene rings is 1. The van der Waals surface area contributed by atoms with Crippen LogP contribution in [0.2, 0.25) is 0 Å². The molecular weight excluding hydrogens is 265 g/mol. The maximum Gasteiger partial charge on any atom is 0.307 e. The minimum atomic E-state index is -0.675. The first-order valence-corrected chi connectivity index (χ1v) is 5.11. The van der Waals surface area contributed by atoms with E-state index in [1.807, 2.05) is 0 Å². The summed E-state index contributed by atoms with van der Waals surface area (Å²) in [6.45, 7) is 0. The molecule has 0 aliphatic heterocycles. The number of nitrogens with two attached hydrogens (primary N) is 1. The second kappa shape index (κ2) is 5.23. The zero-order valence-electron chi connectivity index (χ0n) is 8.17. The molecule has 0 saturated carbocycles. The SMILES string of the molecule is COC(=O)C[C@@H](N)c1ccc(Br)cc1F. The molecule has 0 fully saturated rings. The highest BCUT2D eigenvalue weighted by Crippen LogP contribution is 2.21. The Hall–Kier alpha value is -0.940. The summed E-state index contributed by atoms with van der Waals surface area (Å²) in [5.41, 5.74) is 5.98. The molecule has 0 heterocycles. The summed E-state index contributed by atoms with van der Waals surface area (Å²) < 4.78 is 18.5. The standard InChI is InChI=1S/C10H11BrFNO2/c1-15-10(14)5-9(13)7-3-2-6(11)4-8(7)12/h2-4,9H,5,13H2,1H3/t9-/m1/s1. The molecule has 3 nitrogen and oxygen atoms in total. The van der Waals surface area contributed by atoms with Crippen molar-refractivity contribution in [1.82, 2.24) is 0 Å². The molecule has 0 radical (unpaired) electrons. The van der Waals surface area contributed by atoms with Gasteiger partial charge in [-0.3, -0.25) is 4.79 Å². The zero-order valence-corrected chi connectivity index (χ0v) is 9.75. The lowest BCUT2D eigenvalue weighted by Gasteiger charge is -2.11. The highest BCUT2D eigenvalue weighted by molar-refractivity contribution is 9.10. The Morgan fingerprint density at radius 1 is 1.67 bits per heavy atom. The van der Waals surface area contributed by atoms with E-state index >= 15 is 0 Å². The highest BCUT2D eigenvalue weighted by Gasteiger charge is 2.15. The third kappa shape index (κ3) is 3.28. The summed E-state index contributed by atoms with van der Waals surface area (Å²) in [4.78, 5) is 10.9. The monoisotopic (exact) mass is 275 g/mol. The topological polar surface area (TPSA) is 52.3 Å². The number of rotatable bonds is 3. The molecule has 0 unspecified atom stereocenters. The summed E-state index contributed by atoms with van der Waals surface area (Å²) in [5, 5.41) is 0. The minimum absolute atomic E-state index is 0.0327. The molecular formula is C10H11BrFNO2. The van der Waals surface area contributed by atoms with Crippen molar-refractivity contribution < 1.29 is 13.9 Å². The predicted octanol–water partition coefficient (Wildman–Crippen LogP) is 2.15. The lowest BCUT2D eigenvalue weighted by molar-refractivity contribution is -0.141. The lowest BCUT2D eigenvalue weighted by Crippen LogP contribution is -2.17. The fraction of sp³-hybridized carbons (Fsp3) is 0.300. The molecule has 0 saturated heterocycles. The fourth-order valence-electron chi connectivity index (χ4n) is 1.18. The maximum atomic E-state index is 13.4. The number of hydrogen-bond acceptors (Lipinski definition) is 3. The van der Waals surface area contributed by atoms with Crippen LogP contribution < -0.4 is 5.73 Å². The van der Waals surface area contributed by atoms with Crippen LogP contribution in [0.4, 0.5) is 4.39 Å². The van der Waals surface area contributed by atoms with E-state index in [2.05, 4.69) is 20.7 Å². The molecule has 0 spiro atoms. The number of hydrogen-bond donors (Lipinski definition) is 1. The summed E-state index contributed by atoms with van der Waals surface area (Å²) in [7, 11) is 1.27. The second-order valence-electron chi connectivity index (χ2n) is 3.05. The smallest absolute Gasteiger partial charge is 0.307 e. The van der Waals surface area contributed by atoms with Gasteiger partial charge in [0.15, 0.2) is 0 Å². The molecule has 0 aliphatic rings. The Morgan fingerprint density at radius 2 is 2.33 bits per heavy atom. The van der Waals surface area contributed by atoms with E-state index in [4.69, 9.17) is 5.73 Å². The van der Waals surface area contributed by atoms with Crippen LogP contribution in [-0.4, -0.2) is 13.1 Å². The average molecular weight is 276 g/mol. The van der Waals surface area contributed by atoms with E-state index in [1.165, 1.54) is 13.2 Å². The van der Waals surface area contributed by atoms with Gasteiger partial charge in [0.2, 0.25) is 0 Å². The van der Waals surface area contributed by atoms with Crippen molar-refractivity contribution in [2.45, 2.75) is 12.5 Å². The molecule has 15 heavy (non-hydrogen) atoms. The van der Waals surface area contributed by atoms with Crippen molar-refractivity contribution >= 4 is 21.9 Å². The van der Waals surface area contributed by atoms with Gasteiger partial charge in [0.05, 0.1) is 13.5 Å². The third-order valence-electron chi connectivity index (χ3n) is 1.98. The first kappa shape index (κ1) is 12.1. The van der Waals surface area contributed by atoms with Crippen LogP contribution in [0.1, 0.15) is 18.0 Å². The molecule has 0 amide bonds. The molecule has 1 atom stereocenters. The number of methoxy groups -OCH3 is 1. The van der Waals surface area contributed by atoms with E-state index in [-0.39, 0.29) is 6.42 Å². The third-order valence-corrected chi connectivity index (χ3v) is 2.47. The van der Waals surface area contributed by atoms with Crippen molar-refractivity contribution in [3.05, 3.63) is 34.1 Å². The van der Waals surface area contributed by atoms with Crippen LogP contribution in [0.5, 0.6) is 0 Å². The van der Waals surface area contributed by atoms with Gasteiger partial charge in [-0.15, -0.1) is 0 Å². The number of ether oxygens (including phenoxy) is 1. The Balaban J connectivity index is 2.82. The van der Waals surface area contributed by atoms with Crippen molar-refractivity contribution in [1.29, 1.82) is 0 Å². The van der Waals surface area contributed by atoms with E-state index < -0.39 is 17.8 Å². The van der Waals surface area contributed by atoms with E-state index in [9.17, 15) is 9.18 Å². The summed E-state index contributed by atoms with van der Waals surface area (Å²) in [6.07, 6.45) is -0.0327.